The SMILES string of the molecule is Oc1ccc(OC(Cc2ccccc2)(Oc2ccc(O)c(O)c2)c2ccccc2)cc1O. The molecule has 4 N–H and O–H groups in total. The minimum absolute atomic E-state index is 0.267. The lowest BCUT2D eigenvalue weighted by Crippen LogP contribution is -2.41. The third-order valence-corrected chi connectivity index (χ3v) is 4.95. The number of aromatic hydroxyl groups is 4. The van der Waals surface area contributed by atoms with Crippen LogP contribution in [0.25, 0.3) is 0 Å². The van der Waals surface area contributed by atoms with Crippen molar-refractivity contribution in [3.05, 3.63) is 108 Å². The maximum atomic E-state index is 9.98. The van der Waals surface area contributed by atoms with Gasteiger partial charge in [0, 0.05) is 17.7 Å². The van der Waals surface area contributed by atoms with Gasteiger partial charge in [-0.25, -0.2) is 0 Å². The first kappa shape index (κ1) is 20.9. The smallest absolute Gasteiger partial charge is 0.281 e. The zero-order chi connectivity index (χ0) is 22.6. The summed E-state index contributed by atoms with van der Waals surface area (Å²) in [5.41, 5.74) is 1.60. The van der Waals surface area contributed by atoms with E-state index in [0.29, 0.717) is 5.56 Å². The van der Waals surface area contributed by atoms with Crippen LogP contribution in [0.4, 0.5) is 0 Å². The molecular formula is C26H22O6. The number of rotatable bonds is 7. The van der Waals surface area contributed by atoms with E-state index in [2.05, 4.69) is 0 Å². The second kappa shape index (κ2) is 8.81. The summed E-state index contributed by atoms with van der Waals surface area (Å²) in [6.45, 7) is 0. The fraction of sp³-hybridized carbons (Fsp3) is 0.0769. The molecule has 0 atom stereocenters. The fourth-order valence-electron chi connectivity index (χ4n) is 3.38. The van der Waals surface area contributed by atoms with E-state index in [1.807, 2.05) is 60.7 Å². The van der Waals surface area contributed by atoms with Crippen LogP contribution in [0, 0.1) is 0 Å². The van der Waals surface area contributed by atoms with Crippen LogP contribution < -0.4 is 9.47 Å². The first-order valence-electron chi connectivity index (χ1n) is 9.97. The molecule has 0 spiro atoms. The van der Waals surface area contributed by atoms with Gasteiger partial charge in [0.1, 0.15) is 11.5 Å². The Hall–Kier alpha value is -4.32. The van der Waals surface area contributed by atoms with E-state index in [1.165, 1.54) is 36.4 Å². The largest absolute Gasteiger partial charge is 0.504 e. The lowest BCUT2D eigenvalue weighted by molar-refractivity contribution is -0.121. The number of phenols is 4. The Morgan fingerprint density at radius 1 is 0.531 bits per heavy atom. The van der Waals surface area contributed by atoms with Gasteiger partial charge in [0.25, 0.3) is 5.79 Å². The van der Waals surface area contributed by atoms with Crippen LogP contribution in [0.2, 0.25) is 0 Å². The van der Waals surface area contributed by atoms with E-state index in [9.17, 15) is 20.4 Å². The molecule has 32 heavy (non-hydrogen) atoms. The monoisotopic (exact) mass is 430 g/mol. The molecule has 4 aromatic carbocycles. The summed E-state index contributed by atoms with van der Waals surface area (Å²) >= 11 is 0. The third kappa shape index (κ3) is 4.54. The van der Waals surface area contributed by atoms with Crippen LogP contribution >= 0.6 is 0 Å². The first-order chi connectivity index (χ1) is 15.4. The highest BCUT2D eigenvalue weighted by Gasteiger charge is 2.38. The number of hydrogen-bond donors (Lipinski definition) is 4. The molecule has 0 amide bonds. The van der Waals surface area contributed by atoms with Gasteiger partial charge in [-0.15, -0.1) is 0 Å². The van der Waals surface area contributed by atoms with Crippen LogP contribution in [0.1, 0.15) is 11.1 Å². The normalized spacial score (nSPS) is 11.1. The van der Waals surface area contributed by atoms with Gasteiger partial charge in [0.05, 0.1) is 6.42 Å². The molecule has 0 unspecified atom stereocenters. The maximum absolute atomic E-state index is 9.98. The molecule has 162 valence electrons. The molecule has 0 bridgehead atoms. The van der Waals surface area contributed by atoms with E-state index in [4.69, 9.17) is 9.47 Å². The highest BCUT2D eigenvalue weighted by Crippen LogP contribution is 2.39. The molecular weight excluding hydrogens is 408 g/mol. The highest BCUT2D eigenvalue weighted by atomic mass is 16.7. The van der Waals surface area contributed by atoms with E-state index in [0.717, 1.165) is 5.56 Å². The van der Waals surface area contributed by atoms with E-state index in [-0.39, 0.29) is 40.9 Å². The Labute approximate surface area is 185 Å². The summed E-state index contributed by atoms with van der Waals surface area (Å²) in [6.07, 6.45) is 0.279. The fourth-order valence-corrected chi connectivity index (χ4v) is 3.38. The minimum atomic E-state index is -1.41. The van der Waals surface area contributed by atoms with Crippen molar-refractivity contribution in [2.75, 3.05) is 0 Å². The van der Waals surface area contributed by atoms with Crippen LogP contribution in [0.5, 0.6) is 34.5 Å². The zero-order valence-corrected chi connectivity index (χ0v) is 17.1. The molecule has 0 aromatic heterocycles. The molecule has 6 nitrogen and oxygen atoms in total. The van der Waals surface area contributed by atoms with Crippen molar-refractivity contribution in [2.45, 2.75) is 12.2 Å². The van der Waals surface area contributed by atoms with Crippen molar-refractivity contribution in [1.29, 1.82) is 0 Å². The summed E-state index contributed by atoms with van der Waals surface area (Å²) in [5.74, 6) is -2.07. The molecule has 4 aromatic rings. The van der Waals surface area contributed by atoms with E-state index in [1.54, 1.807) is 0 Å². The van der Waals surface area contributed by atoms with Crippen molar-refractivity contribution >= 4 is 0 Å². The topological polar surface area (TPSA) is 99.4 Å². The first-order valence-corrected chi connectivity index (χ1v) is 9.97. The minimum Gasteiger partial charge on any atom is -0.504 e. The van der Waals surface area contributed by atoms with Crippen molar-refractivity contribution in [1.82, 2.24) is 0 Å². The molecule has 0 aliphatic rings. The van der Waals surface area contributed by atoms with E-state index < -0.39 is 5.79 Å². The lowest BCUT2D eigenvalue weighted by Gasteiger charge is -2.35. The van der Waals surface area contributed by atoms with Gasteiger partial charge in [-0.2, -0.15) is 0 Å². The number of benzene rings is 4. The number of hydrogen-bond acceptors (Lipinski definition) is 6. The van der Waals surface area contributed by atoms with Gasteiger partial charge in [0.15, 0.2) is 23.0 Å². The van der Waals surface area contributed by atoms with Gasteiger partial charge >= 0.3 is 0 Å². The van der Waals surface area contributed by atoms with Crippen LogP contribution in [0.15, 0.2) is 97.1 Å². The van der Waals surface area contributed by atoms with Gasteiger partial charge in [-0.3, -0.25) is 0 Å². The predicted molar refractivity (Wildman–Crippen MR) is 119 cm³/mol. The Balaban J connectivity index is 1.85. The Kier molecular flexibility index (Phi) is 5.77. The van der Waals surface area contributed by atoms with Gasteiger partial charge < -0.3 is 29.9 Å². The van der Waals surface area contributed by atoms with Crippen LogP contribution in [-0.4, -0.2) is 20.4 Å². The van der Waals surface area contributed by atoms with Gasteiger partial charge in [0.2, 0.25) is 0 Å². The number of phenolic OH excluding ortho intramolecular Hbond substituents is 4. The van der Waals surface area contributed by atoms with Crippen LogP contribution in [-0.2, 0) is 12.2 Å². The quantitative estimate of drug-likeness (QED) is 0.242. The second-order valence-electron chi connectivity index (χ2n) is 7.29. The van der Waals surface area contributed by atoms with Crippen molar-refractivity contribution in [3.8, 4) is 34.5 Å². The highest BCUT2D eigenvalue weighted by molar-refractivity contribution is 5.45. The summed E-state index contributed by atoms with van der Waals surface area (Å²) in [7, 11) is 0. The summed E-state index contributed by atoms with van der Waals surface area (Å²) < 4.78 is 12.7. The molecule has 0 saturated carbocycles. The zero-order valence-electron chi connectivity index (χ0n) is 17.1. The average Bonchev–Trinajstić information content (AvgIpc) is 2.80. The summed E-state index contributed by atoms with van der Waals surface area (Å²) in [6, 6.07) is 27.2. The molecule has 0 aliphatic heterocycles. The van der Waals surface area contributed by atoms with Crippen LogP contribution in [0.3, 0.4) is 0 Å². The maximum Gasteiger partial charge on any atom is 0.281 e. The number of ether oxygens (including phenoxy) is 2. The Morgan fingerprint density at radius 2 is 1.00 bits per heavy atom. The average molecular weight is 430 g/mol. The van der Waals surface area contributed by atoms with Crippen molar-refractivity contribution < 1.29 is 29.9 Å². The van der Waals surface area contributed by atoms with Crippen molar-refractivity contribution in [3.63, 3.8) is 0 Å². The second-order valence-corrected chi connectivity index (χ2v) is 7.29. The summed E-state index contributed by atoms with van der Waals surface area (Å²) in [5, 5.41) is 39.4. The van der Waals surface area contributed by atoms with Crippen molar-refractivity contribution in [2.24, 2.45) is 0 Å². The van der Waals surface area contributed by atoms with Gasteiger partial charge in [-0.05, 0) is 29.8 Å². The van der Waals surface area contributed by atoms with E-state index >= 15 is 0 Å². The predicted octanol–water partition coefficient (Wildman–Crippen LogP) is 5.06. The summed E-state index contributed by atoms with van der Waals surface area (Å²) in [4.78, 5) is 0. The van der Waals surface area contributed by atoms with Gasteiger partial charge in [-0.1, -0.05) is 60.7 Å². The molecule has 0 aliphatic carbocycles. The lowest BCUT2D eigenvalue weighted by atomic mass is 9.97. The molecule has 6 heteroatoms. The molecule has 0 fully saturated rings. The molecule has 4 rings (SSSR count). The standard InChI is InChI=1S/C26H22O6/c27-22-13-11-20(15-24(22)29)31-26(19-9-5-2-6-10-19,17-18-7-3-1-4-8-18)32-21-12-14-23(28)25(30)16-21/h1-16,27-30H,17H2. The Bertz CT molecular complexity index is 1140. The Morgan fingerprint density at radius 3 is 1.47 bits per heavy atom. The molecule has 0 radical (unpaired) electrons. The molecule has 0 saturated heterocycles. The third-order valence-electron chi connectivity index (χ3n) is 4.95. The molecule has 0 heterocycles.